The third-order valence-corrected chi connectivity index (χ3v) is 7.00. The van der Waals surface area contributed by atoms with Crippen molar-refractivity contribution in [2.45, 2.75) is 12.3 Å². The van der Waals surface area contributed by atoms with Crippen molar-refractivity contribution in [1.82, 2.24) is 20.0 Å². The van der Waals surface area contributed by atoms with Crippen LogP contribution in [-0.4, -0.2) is 46.6 Å². The van der Waals surface area contributed by atoms with Crippen LogP contribution in [0.4, 0.5) is 0 Å². The molecule has 156 valence electrons. The van der Waals surface area contributed by atoms with Gasteiger partial charge >= 0.3 is 0 Å². The standard InChI is InChI=1S/C24H22N4O2S/c1-25-23(29)22-21(19-8-2-3-9-20(19)31-22)17-10-13-27(15-17)24(30)16-6-4-7-18(14-16)28-12-5-11-26-28/h2-9,11-12,14,17H,10,13,15H2,1H3,(H,25,29)/t17-/m0/s1. The van der Waals surface area contributed by atoms with Crippen molar-refractivity contribution >= 4 is 33.2 Å². The SMILES string of the molecule is CNC(=O)c1sc2ccccc2c1[C@H]1CCN(C(=O)c2cccc(-n3cccn3)c2)C1. The lowest BCUT2D eigenvalue weighted by Crippen LogP contribution is -2.28. The number of likely N-dealkylation sites (tertiary alicyclic amines) is 1. The maximum atomic E-state index is 13.2. The van der Waals surface area contributed by atoms with Crippen molar-refractivity contribution in [2.24, 2.45) is 0 Å². The van der Waals surface area contributed by atoms with Crippen LogP contribution in [0, 0.1) is 0 Å². The molecular formula is C24H22N4O2S. The topological polar surface area (TPSA) is 67.2 Å². The second-order valence-corrected chi connectivity index (χ2v) is 8.71. The quantitative estimate of drug-likeness (QED) is 0.531. The molecule has 2 aromatic heterocycles. The average molecular weight is 431 g/mol. The van der Waals surface area contributed by atoms with Crippen molar-refractivity contribution in [3.8, 4) is 5.69 Å². The van der Waals surface area contributed by atoms with E-state index in [-0.39, 0.29) is 17.7 Å². The van der Waals surface area contributed by atoms with Crippen molar-refractivity contribution in [1.29, 1.82) is 0 Å². The Morgan fingerprint density at radius 1 is 1.13 bits per heavy atom. The fourth-order valence-corrected chi connectivity index (χ4v) is 5.55. The Bertz CT molecular complexity index is 1260. The van der Waals surface area contributed by atoms with E-state index in [2.05, 4.69) is 22.5 Å². The summed E-state index contributed by atoms with van der Waals surface area (Å²) in [5.74, 6) is 0.0899. The highest BCUT2D eigenvalue weighted by Gasteiger charge is 2.32. The van der Waals surface area contributed by atoms with Gasteiger partial charge in [-0.3, -0.25) is 9.59 Å². The van der Waals surface area contributed by atoms with Gasteiger partial charge in [-0.15, -0.1) is 11.3 Å². The first-order chi connectivity index (χ1) is 15.2. The largest absolute Gasteiger partial charge is 0.354 e. The van der Waals surface area contributed by atoms with E-state index in [9.17, 15) is 9.59 Å². The lowest BCUT2D eigenvalue weighted by atomic mass is 9.95. The fraction of sp³-hybridized carbons (Fsp3) is 0.208. The average Bonchev–Trinajstić information content (AvgIpc) is 3.57. The summed E-state index contributed by atoms with van der Waals surface area (Å²) in [6.07, 6.45) is 4.42. The Hall–Kier alpha value is -3.45. The minimum atomic E-state index is -0.0621. The zero-order valence-corrected chi connectivity index (χ0v) is 17.9. The highest BCUT2D eigenvalue weighted by Crippen LogP contribution is 2.40. The Balaban J connectivity index is 1.43. The molecular weight excluding hydrogens is 408 g/mol. The molecule has 4 aromatic rings. The van der Waals surface area contributed by atoms with E-state index in [4.69, 9.17) is 0 Å². The maximum absolute atomic E-state index is 13.2. The summed E-state index contributed by atoms with van der Waals surface area (Å²) in [6, 6.07) is 17.5. The number of hydrogen-bond donors (Lipinski definition) is 1. The first kappa shape index (κ1) is 19.5. The molecule has 1 atom stereocenters. The number of benzene rings is 2. The summed E-state index contributed by atoms with van der Waals surface area (Å²) < 4.78 is 2.85. The van der Waals surface area contributed by atoms with E-state index in [1.807, 2.05) is 53.6 Å². The highest BCUT2D eigenvalue weighted by molar-refractivity contribution is 7.21. The molecule has 0 saturated carbocycles. The van der Waals surface area contributed by atoms with E-state index in [0.717, 1.165) is 32.6 Å². The van der Waals surface area contributed by atoms with Crippen LogP contribution in [0.25, 0.3) is 15.8 Å². The molecule has 0 radical (unpaired) electrons. The van der Waals surface area contributed by atoms with Gasteiger partial charge in [0, 0.05) is 48.7 Å². The van der Waals surface area contributed by atoms with E-state index in [1.54, 1.807) is 17.9 Å². The number of nitrogens with one attached hydrogen (secondary N) is 1. The van der Waals surface area contributed by atoms with Gasteiger partial charge < -0.3 is 10.2 Å². The normalized spacial score (nSPS) is 16.0. The summed E-state index contributed by atoms with van der Waals surface area (Å²) in [5.41, 5.74) is 2.58. The van der Waals surface area contributed by atoms with Gasteiger partial charge in [-0.2, -0.15) is 5.10 Å². The summed E-state index contributed by atoms with van der Waals surface area (Å²) in [6.45, 7) is 1.28. The van der Waals surface area contributed by atoms with E-state index in [1.165, 1.54) is 11.3 Å². The Morgan fingerprint density at radius 2 is 2.00 bits per heavy atom. The van der Waals surface area contributed by atoms with Gasteiger partial charge in [-0.1, -0.05) is 24.3 Å². The van der Waals surface area contributed by atoms with E-state index in [0.29, 0.717) is 18.7 Å². The molecule has 1 aliphatic heterocycles. The number of aromatic nitrogens is 2. The van der Waals surface area contributed by atoms with Crippen molar-refractivity contribution in [2.75, 3.05) is 20.1 Å². The lowest BCUT2D eigenvalue weighted by molar-refractivity contribution is 0.0790. The molecule has 3 heterocycles. The highest BCUT2D eigenvalue weighted by atomic mass is 32.1. The number of carbonyl (C=O) groups excluding carboxylic acids is 2. The molecule has 31 heavy (non-hydrogen) atoms. The molecule has 0 bridgehead atoms. The van der Waals surface area contributed by atoms with Crippen LogP contribution >= 0.6 is 11.3 Å². The summed E-state index contributed by atoms with van der Waals surface area (Å²) >= 11 is 1.52. The van der Waals surface area contributed by atoms with Gasteiger partial charge in [0.25, 0.3) is 11.8 Å². The molecule has 1 N–H and O–H groups in total. The summed E-state index contributed by atoms with van der Waals surface area (Å²) in [5, 5.41) is 8.13. The lowest BCUT2D eigenvalue weighted by Gasteiger charge is -2.18. The first-order valence-electron chi connectivity index (χ1n) is 10.3. The van der Waals surface area contributed by atoms with Crippen molar-refractivity contribution in [3.05, 3.63) is 83.0 Å². The minimum absolute atomic E-state index is 0.0116. The minimum Gasteiger partial charge on any atom is -0.354 e. The maximum Gasteiger partial charge on any atom is 0.261 e. The number of carbonyl (C=O) groups is 2. The molecule has 1 aliphatic rings. The molecule has 0 aliphatic carbocycles. The summed E-state index contributed by atoms with van der Waals surface area (Å²) in [7, 11) is 1.66. The Labute approximate surface area is 184 Å². The van der Waals surface area contributed by atoms with E-state index < -0.39 is 0 Å². The number of nitrogens with zero attached hydrogens (tertiary/aromatic N) is 3. The molecule has 6 nitrogen and oxygen atoms in total. The zero-order chi connectivity index (χ0) is 21.4. The monoisotopic (exact) mass is 430 g/mol. The third-order valence-electron chi connectivity index (χ3n) is 5.81. The molecule has 1 saturated heterocycles. The van der Waals surface area contributed by atoms with Crippen LogP contribution in [0.3, 0.4) is 0 Å². The molecule has 7 heteroatoms. The molecule has 5 rings (SSSR count). The number of thiophene rings is 1. The van der Waals surface area contributed by atoms with Crippen LogP contribution in [-0.2, 0) is 0 Å². The van der Waals surface area contributed by atoms with Crippen LogP contribution in [0.5, 0.6) is 0 Å². The Morgan fingerprint density at radius 3 is 2.81 bits per heavy atom. The van der Waals surface area contributed by atoms with Crippen molar-refractivity contribution in [3.63, 3.8) is 0 Å². The summed E-state index contributed by atoms with van der Waals surface area (Å²) in [4.78, 5) is 28.4. The first-order valence-corrected chi connectivity index (χ1v) is 11.1. The molecule has 2 amide bonds. The van der Waals surface area contributed by atoms with Gasteiger partial charge in [0.1, 0.15) is 0 Å². The predicted octanol–water partition coefficient (Wildman–Crippen LogP) is 4.08. The van der Waals surface area contributed by atoms with Gasteiger partial charge in [0.15, 0.2) is 0 Å². The van der Waals surface area contributed by atoms with Gasteiger partial charge in [0.05, 0.1) is 10.6 Å². The molecule has 0 unspecified atom stereocenters. The fourth-order valence-electron chi connectivity index (χ4n) is 4.32. The predicted molar refractivity (Wildman–Crippen MR) is 122 cm³/mol. The third kappa shape index (κ3) is 3.51. The zero-order valence-electron chi connectivity index (χ0n) is 17.1. The number of rotatable bonds is 4. The number of hydrogen-bond acceptors (Lipinski definition) is 4. The van der Waals surface area contributed by atoms with Crippen LogP contribution in [0.2, 0.25) is 0 Å². The van der Waals surface area contributed by atoms with Gasteiger partial charge in [-0.25, -0.2) is 4.68 Å². The molecule has 2 aromatic carbocycles. The smallest absolute Gasteiger partial charge is 0.261 e. The number of fused-ring (bicyclic) bond motifs is 1. The second kappa shape index (κ2) is 8.00. The van der Waals surface area contributed by atoms with Crippen molar-refractivity contribution < 1.29 is 9.59 Å². The molecule has 1 fully saturated rings. The van der Waals surface area contributed by atoms with Crippen LogP contribution in [0.1, 0.15) is 37.9 Å². The van der Waals surface area contributed by atoms with Crippen LogP contribution < -0.4 is 5.32 Å². The Kier molecular flexibility index (Phi) is 5.03. The molecule has 0 spiro atoms. The number of amides is 2. The van der Waals surface area contributed by atoms with E-state index >= 15 is 0 Å². The van der Waals surface area contributed by atoms with Gasteiger partial charge in [0.2, 0.25) is 0 Å². The van der Waals surface area contributed by atoms with Crippen LogP contribution in [0.15, 0.2) is 67.0 Å². The second-order valence-electron chi connectivity index (χ2n) is 7.66. The van der Waals surface area contributed by atoms with Gasteiger partial charge in [-0.05, 0) is 47.7 Å².